The molecular formula is C8H12N2. The average Bonchev–Trinajstić information content (AvgIpc) is 1.85. The van der Waals surface area contributed by atoms with E-state index in [1.807, 2.05) is 44.3 Å². The van der Waals surface area contributed by atoms with Crippen LogP contribution >= 0.6 is 0 Å². The monoisotopic (exact) mass is 136 g/mol. The Balaban J connectivity index is 3.92. The zero-order chi connectivity index (χ0) is 7.98. The number of hydrogen-bond acceptors (Lipinski definition) is 2. The minimum Gasteiger partial charge on any atom is -0.383 e. The zero-order valence-corrected chi connectivity index (χ0v) is 6.63. The van der Waals surface area contributed by atoms with E-state index in [9.17, 15) is 0 Å². The van der Waals surface area contributed by atoms with Crippen molar-refractivity contribution in [2.75, 3.05) is 14.1 Å². The van der Waals surface area contributed by atoms with Gasteiger partial charge in [0.2, 0.25) is 0 Å². The Kier molecular flexibility index (Phi) is 4.06. The number of nitrogens with zero attached hydrogens (tertiary/aromatic N) is 2. The molecule has 0 aromatic carbocycles. The third-order valence-corrected chi connectivity index (χ3v) is 0.928. The Labute approximate surface area is 62.1 Å². The molecule has 0 aromatic heterocycles. The fourth-order valence-electron chi connectivity index (χ4n) is 0.417. The molecule has 0 amide bonds. The molecule has 0 saturated heterocycles. The molecule has 0 saturated carbocycles. The van der Waals surface area contributed by atoms with Crippen LogP contribution in [0.2, 0.25) is 0 Å². The van der Waals surface area contributed by atoms with Crippen LogP contribution in [0.4, 0.5) is 0 Å². The van der Waals surface area contributed by atoms with Gasteiger partial charge in [0.05, 0.1) is 6.07 Å². The molecule has 0 N–H and O–H groups in total. The van der Waals surface area contributed by atoms with E-state index in [4.69, 9.17) is 5.26 Å². The molecule has 0 heterocycles. The first kappa shape index (κ1) is 8.77. The lowest BCUT2D eigenvalue weighted by Gasteiger charge is -2.01. The second-order valence-corrected chi connectivity index (χ2v) is 2.30. The Morgan fingerprint density at radius 1 is 1.50 bits per heavy atom. The van der Waals surface area contributed by atoms with Crippen LogP contribution in [0.3, 0.4) is 0 Å². The smallest absolute Gasteiger partial charge is 0.0914 e. The molecule has 0 rings (SSSR count). The lowest BCUT2D eigenvalue weighted by atomic mass is 10.3. The maximum absolute atomic E-state index is 8.23. The topological polar surface area (TPSA) is 27.0 Å². The summed E-state index contributed by atoms with van der Waals surface area (Å²) < 4.78 is 0. The zero-order valence-electron chi connectivity index (χ0n) is 6.63. The van der Waals surface area contributed by atoms with Gasteiger partial charge in [-0.3, -0.25) is 0 Å². The van der Waals surface area contributed by atoms with Crippen molar-refractivity contribution in [1.82, 2.24) is 4.90 Å². The van der Waals surface area contributed by atoms with E-state index in [0.29, 0.717) is 0 Å². The quantitative estimate of drug-likeness (QED) is 0.425. The molecule has 0 aliphatic heterocycles. The molecule has 0 unspecified atom stereocenters. The number of hydrogen-bond donors (Lipinski definition) is 0. The van der Waals surface area contributed by atoms with Crippen LogP contribution in [0, 0.1) is 11.3 Å². The number of allylic oxidation sites excluding steroid dienone is 3. The Morgan fingerprint density at radius 2 is 2.10 bits per heavy atom. The van der Waals surface area contributed by atoms with Crippen molar-refractivity contribution in [2.24, 2.45) is 0 Å². The van der Waals surface area contributed by atoms with Crippen molar-refractivity contribution in [2.45, 2.75) is 6.92 Å². The van der Waals surface area contributed by atoms with Crippen molar-refractivity contribution in [3.8, 4) is 6.07 Å². The van der Waals surface area contributed by atoms with Crippen LogP contribution in [0.1, 0.15) is 6.92 Å². The lowest BCUT2D eigenvalue weighted by Crippen LogP contribution is -1.99. The van der Waals surface area contributed by atoms with Crippen molar-refractivity contribution >= 4 is 0 Å². The normalized spacial score (nSPS) is 11.6. The fraction of sp³-hybridized carbons (Fsp3) is 0.375. The molecule has 0 fully saturated rings. The molecule has 2 heteroatoms. The molecule has 10 heavy (non-hydrogen) atoms. The Bertz CT molecular complexity index is 182. The minimum atomic E-state index is 0.969. The Morgan fingerprint density at radius 3 is 2.50 bits per heavy atom. The standard InChI is InChI=1S/C8H12N2/c1-8(4-6-9)5-7-10(2)3/h4-5,7H,1-3H3/b7-5+,8-4+. The van der Waals surface area contributed by atoms with Crippen LogP contribution in [-0.2, 0) is 0 Å². The molecule has 0 spiro atoms. The summed E-state index contributed by atoms with van der Waals surface area (Å²) in [6, 6.07) is 1.96. The molecule has 0 aromatic rings. The van der Waals surface area contributed by atoms with Gasteiger partial charge < -0.3 is 4.90 Å². The number of nitriles is 1. The van der Waals surface area contributed by atoms with Gasteiger partial charge in [-0.25, -0.2) is 0 Å². The molecule has 2 nitrogen and oxygen atoms in total. The first-order valence-corrected chi connectivity index (χ1v) is 3.08. The van der Waals surface area contributed by atoms with Gasteiger partial charge in [0, 0.05) is 20.2 Å². The summed E-state index contributed by atoms with van der Waals surface area (Å²) in [5.41, 5.74) is 0.969. The molecule has 0 atom stereocenters. The van der Waals surface area contributed by atoms with Crippen LogP contribution in [0.25, 0.3) is 0 Å². The third kappa shape index (κ3) is 4.92. The predicted molar refractivity (Wildman–Crippen MR) is 42.2 cm³/mol. The summed E-state index contributed by atoms with van der Waals surface area (Å²) in [6.07, 6.45) is 5.31. The summed E-state index contributed by atoms with van der Waals surface area (Å²) in [7, 11) is 3.88. The second-order valence-electron chi connectivity index (χ2n) is 2.30. The molecule has 0 radical (unpaired) electrons. The fourth-order valence-corrected chi connectivity index (χ4v) is 0.417. The highest BCUT2D eigenvalue weighted by Crippen LogP contribution is 1.93. The summed E-state index contributed by atoms with van der Waals surface area (Å²) >= 11 is 0. The highest BCUT2D eigenvalue weighted by Gasteiger charge is 1.79. The largest absolute Gasteiger partial charge is 0.383 e. The van der Waals surface area contributed by atoms with Gasteiger partial charge in [0.25, 0.3) is 0 Å². The molecule has 0 aliphatic carbocycles. The first-order chi connectivity index (χ1) is 4.66. The van der Waals surface area contributed by atoms with Crippen LogP contribution in [-0.4, -0.2) is 19.0 Å². The van der Waals surface area contributed by atoms with Gasteiger partial charge in [-0.1, -0.05) is 0 Å². The average molecular weight is 136 g/mol. The maximum atomic E-state index is 8.23. The van der Waals surface area contributed by atoms with E-state index in [1.165, 1.54) is 6.08 Å². The van der Waals surface area contributed by atoms with Crippen LogP contribution in [0.15, 0.2) is 23.9 Å². The van der Waals surface area contributed by atoms with E-state index < -0.39 is 0 Å². The van der Waals surface area contributed by atoms with E-state index in [1.54, 1.807) is 0 Å². The van der Waals surface area contributed by atoms with Crippen molar-refractivity contribution in [3.63, 3.8) is 0 Å². The number of rotatable bonds is 2. The molecular weight excluding hydrogens is 124 g/mol. The molecule has 54 valence electrons. The summed E-state index contributed by atoms with van der Waals surface area (Å²) in [5.74, 6) is 0. The SMILES string of the molecule is CC(/C=C/N(C)C)=C\C#N. The van der Waals surface area contributed by atoms with E-state index in [-0.39, 0.29) is 0 Å². The van der Waals surface area contributed by atoms with Crippen molar-refractivity contribution in [3.05, 3.63) is 23.9 Å². The van der Waals surface area contributed by atoms with E-state index in [0.717, 1.165) is 5.57 Å². The van der Waals surface area contributed by atoms with E-state index >= 15 is 0 Å². The minimum absolute atomic E-state index is 0.969. The molecule has 0 bridgehead atoms. The highest BCUT2D eigenvalue weighted by molar-refractivity contribution is 5.21. The van der Waals surface area contributed by atoms with Gasteiger partial charge in [0.15, 0.2) is 0 Å². The first-order valence-electron chi connectivity index (χ1n) is 3.08. The maximum Gasteiger partial charge on any atom is 0.0914 e. The van der Waals surface area contributed by atoms with Gasteiger partial charge in [-0.05, 0) is 24.8 Å². The highest BCUT2D eigenvalue weighted by atomic mass is 15.0. The Hall–Kier alpha value is -1.23. The van der Waals surface area contributed by atoms with Gasteiger partial charge in [0.1, 0.15) is 0 Å². The molecule has 0 aliphatic rings. The van der Waals surface area contributed by atoms with Crippen LogP contribution in [0.5, 0.6) is 0 Å². The van der Waals surface area contributed by atoms with E-state index in [2.05, 4.69) is 0 Å². The van der Waals surface area contributed by atoms with Crippen molar-refractivity contribution < 1.29 is 0 Å². The summed E-state index contributed by atoms with van der Waals surface area (Å²) in [5, 5.41) is 8.23. The lowest BCUT2D eigenvalue weighted by molar-refractivity contribution is 0.563. The van der Waals surface area contributed by atoms with Crippen molar-refractivity contribution in [1.29, 1.82) is 5.26 Å². The second kappa shape index (κ2) is 4.63. The predicted octanol–water partition coefficient (Wildman–Crippen LogP) is 1.53. The van der Waals surface area contributed by atoms with Gasteiger partial charge in [-0.15, -0.1) is 0 Å². The summed E-state index contributed by atoms with van der Waals surface area (Å²) in [6.45, 7) is 1.89. The third-order valence-electron chi connectivity index (χ3n) is 0.928. The van der Waals surface area contributed by atoms with Crippen LogP contribution < -0.4 is 0 Å². The van der Waals surface area contributed by atoms with Gasteiger partial charge >= 0.3 is 0 Å². The summed E-state index contributed by atoms with van der Waals surface area (Å²) in [4.78, 5) is 1.93. The van der Waals surface area contributed by atoms with Gasteiger partial charge in [-0.2, -0.15) is 5.26 Å².